The second-order valence-corrected chi connectivity index (χ2v) is 4.86. The third-order valence-corrected chi connectivity index (χ3v) is 3.84. The van der Waals surface area contributed by atoms with Gasteiger partial charge in [0.2, 0.25) is 0 Å². The van der Waals surface area contributed by atoms with Crippen molar-refractivity contribution in [2.45, 2.75) is 25.3 Å². The first kappa shape index (κ1) is 13.4. The predicted molar refractivity (Wildman–Crippen MR) is 73.1 cm³/mol. The van der Waals surface area contributed by atoms with Crippen LogP contribution in [0.3, 0.4) is 0 Å². The Morgan fingerprint density at radius 1 is 1.33 bits per heavy atom. The Hall–Kier alpha value is -1.06. The number of likely N-dealkylation sites (N-methyl/N-ethyl adjacent to an activating group) is 1. The fourth-order valence-electron chi connectivity index (χ4n) is 2.73. The molecule has 1 aliphatic rings. The first-order valence-electron chi connectivity index (χ1n) is 6.72. The second kappa shape index (κ2) is 6.76. The van der Waals surface area contributed by atoms with E-state index in [4.69, 9.17) is 9.47 Å². The van der Waals surface area contributed by atoms with E-state index in [1.54, 1.807) is 7.11 Å². The summed E-state index contributed by atoms with van der Waals surface area (Å²) < 4.78 is 10.9. The first-order chi connectivity index (χ1) is 8.85. The lowest BCUT2D eigenvalue weighted by molar-refractivity contribution is 0.0547. The Labute approximate surface area is 109 Å². The van der Waals surface area contributed by atoms with Crippen LogP contribution in [0.25, 0.3) is 0 Å². The standard InChI is InChI=1S/C15H23NO2/c1-16-14(12-7-9-18-10-8-12)11-13-5-3-4-6-15(13)17-2/h3-6,12,14,16H,7-11H2,1-2H3. The minimum Gasteiger partial charge on any atom is -0.496 e. The highest BCUT2D eigenvalue weighted by Gasteiger charge is 2.23. The molecule has 1 N–H and O–H groups in total. The zero-order valence-electron chi connectivity index (χ0n) is 11.3. The van der Waals surface area contributed by atoms with Crippen molar-refractivity contribution in [3.63, 3.8) is 0 Å². The second-order valence-electron chi connectivity index (χ2n) is 4.86. The van der Waals surface area contributed by atoms with E-state index in [9.17, 15) is 0 Å². The Bertz CT molecular complexity index is 361. The maximum atomic E-state index is 5.44. The number of hydrogen-bond acceptors (Lipinski definition) is 3. The van der Waals surface area contributed by atoms with Crippen molar-refractivity contribution in [2.75, 3.05) is 27.4 Å². The van der Waals surface area contributed by atoms with E-state index in [0.29, 0.717) is 12.0 Å². The molecule has 1 aliphatic heterocycles. The van der Waals surface area contributed by atoms with Crippen LogP contribution in [-0.4, -0.2) is 33.4 Å². The number of nitrogens with one attached hydrogen (secondary N) is 1. The van der Waals surface area contributed by atoms with E-state index in [1.807, 2.05) is 12.1 Å². The van der Waals surface area contributed by atoms with Crippen LogP contribution in [0.5, 0.6) is 5.75 Å². The molecule has 18 heavy (non-hydrogen) atoms. The van der Waals surface area contributed by atoms with Gasteiger partial charge in [-0.05, 0) is 43.9 Å². The molecular weight excluding hydrogens is 226 g/mol. The van der Waals surface area contributed by atoms with Crippen molar-refractivity contribution in [2.24, 2.45) is 5.92 Å². The third kappa shape index (κ3) is 3.24. The van der Waals surface area contributed by atoms with Crippen molar-refractivity contribution >= 4 is 0 Å². The Balaban J connectivity index is 2.04. The summed E-state index contributed by atoms with van der Waals surface area (Å²) in [5.74, 6) is 1.69. The molecule has 0 aliphatic carbocycles. The molecule has 0 amide bonds. The summed E-state index contributed by atoms with van der Waals surface area (Å²) in [5.41, 5.74) is 1.28. The van der Waals surface area contributed by atoms with Gasteiger partial charge < -0.3 is 14.8 Å². The molecule has 1 unspecified atom stereocenters. The summed E-state index contributed by atoms with van der Waals surface area (Å²) in [6.07, 6.45) is 3.33. The van der Waals surface area contributed by atoms with Gasteiger partial charge in [0.25, 0.3) is 0 Å². The lowest BCUT2D eigenvalue weighted by Gasteiger charge is -2.30. The smallest absolute Gasteiger partial charge is 0.122 e. The average Bonchev–Trinajstić information content (AvgIpc) is 2.46. The zero-order valence-corrected chi connectivity index (χ0v) is 11.3. The van der Waals surface area contributed by atoms with Gasteiger partial charge >= 0.3 is 0 Å². The molecular formula is C15H23NO2. The van der Waals surface area contributed by atoms with Crippen LogP contribution in [0.2, 0.25) is 0 Å². The number of benzene rings is 1. The normalized spacial score (nSPS) is 18.6. The van der Waals surface area contributed by atoms with Gasteiger partial charge in [0, 0.05) is 19.3 Å². The van der Waals surface area contributed by atoms with Crippen molar-refractivity contribution in [1.82, 2.24) is 5.32 Å². The minimum absolute atomic E-state index is 0.505. The molecule has 3 heteroatoms. The molecule has 0 radical (unpaired) electrons. The van der Waals surface area contributed by atoms with Gasteiger partial charge in [-0.1, -0.05) is 18.2 Å². The summed E-state index contributed by atoms with van der Waals surface area (Å²) in [6, 6.07) is 8.79. The Morgan fingerprint density at radius 2 is 2.06 bits per heavy atom. The molecule has 0 saturated carbocycles. The molecule has 3 nitrogen and oxygen atoms in total. The molecule has 1 fully saturated rings. The van der Waals surface area contributed by atoms with Crippen LogP contribution in [0, 0.1) is 5.92 Å². The van der Waals surface area contributed by atoms with Gasteiger partial charge in [-0.3, -0.25) is 0 Å². The highest BCUT2D eigenvalue weighted by Crippen LogP contribution is 2.25. The quantitative estimate of drug-likeness (QED) is 0.868. The minimum atomic E-state index is 0.505. The fourth-order valence-corrected chi connectivity index (χ4v) is 2.73. The van der Waals surface area contributed by atoms with E-state index in [1.165, 1.54) is 5.56 Å². The summed E-state index contributed by atoms with van der Waals surface area (Å²) in [7, 11) is 3.79. The van der Waals surface area contributed by atoms with Crippen molar-refractivity contribution in [3.8, 4) is 5.75 Å². The number of ether oxygens (including phenoxy) is 2. The number of methoxy groups -OCH3 is 1. The van der Waals surface area contributed by atoms with Crippen LogP contribution in [0.4, 0.5) is 0 Å². The summed E-state index contributed by atoms with van der Waals surface area (Å²) >= 11 is 0. The van der Waals surface area contributed by atoms with E-state index < -0.39 is 0 Å². The van der Waals surface area contributed by atoms with Gasteiger partial charge in [0.05, 0.1) is 7.11 Å². The third-order valence-electron chi connectivity index (χ3n) is 3.84. The molecule has 1 saturated heterocycles. The van der Waals surface area contributed by atoms with Crippen molar-refractivity contribution in [3.05, 3.63) is 29.8 Å². The van der Waals surface area contributed by atoms with E-state index in [-0.39, 0.29) is 0 Å². The predicted octanol–water partition coefficient (Wildman–Crippen LogP) is 2.25. The summed E-state index contributed by atoms with van der Waals surface area (Å²) in [6.45, 7) is 1.80. The van der Waals surface area contributed by atoms with E-state index in [0.717, 1.165) is 38.2 Å². The maximum Gasteiger partial charge on any atom is 0.122 e. The largest absolute Gasteiger partial charge is 0.496 e. The molecule has 100 valence electrons. The highest BCUT2D eigenvalue weighted by atomic mass is 16.5. The summed E-state index contributed by atoms with van der Waals surface area (Å²) in [5, 5.41) is 3.46. The molecule has 1 atom stereocenters. The van der Waals surface area contributed by atoms with Crippen molar-refractivity contribution in [1.29, 1.82) is 0 Å². The van der Waals surface area contributed by atoms with Gasteiger partial charge in [0.15, 0.2) is 0 Å². The molecule has 1 aromatic rings. The molecule has 2 rings (SSSR count). The number of para-hydroxylation sites is 1. The fraction of sp³-hybridized carbons (Fsp3) is 0.600. The van der Waals surface area contributed by atoms with Crippen LogP contribution in [0.15, 0.2) is 24.3 Å². The van der Waals surface area contributed by atoms with Crippen LogP contribution in [-0.2, 0) is 11.2 Å². The molecule has 0 aromatic heterocycles. The zero-order chi connectivity index (χ0) is 12.8. The first-order valence-corrected chi connectivity index (χ1v) is 6.72. The highest BCUT2D eigenvalue weighted by molar-refractivity contribution is 5.33. The van der Waals surface area contributed by atoms with Gasteiger partial charge in [-0.2, -0.15) is 0 Å². The average molecular weight is 249 g/mol. The maximum absolute atomic E-state index is 5.44. The van der Waals surface area contributed by atoms with Crippen LogP contribution >= 0.6 is 0 Å². The monoisotopic (exact) mass is 249 g/mol. The number of rotatable bonds is 5. The molecule has 1 aromatic carbocycles. The Morgan fingerprint density at radius 3 is 2.72 bits per heavy atom. The SMILES string of the molecule is CNC(Cc1ccccc1OC)C1CCOCC1. The Kier molecular flexibility index (Phi) is 5.02. The van der Waals surface area contributed by atoms with Crippen LogP contribution < -0.4 is 10.1 Å². The van der Waals surface area contributed by atoms with E-state index >= 15 is 0 Å². The van der Waals surface area contributed by atoms with Gasteiger partial charge in [-0.15, -0.1) is 0 Å². The van der Waals surface area contributed by atoms with E-state index in [2.05, 4.69) is 24.5 Å². The van der Waals surface area contributed by atoms with Crippen LogP contribution in [0.1, 0.15) is 18.4 Å². The lowest BCUT2D eigenvalue weighted by Crippen LogP contribution is -2.38. The van der Waals surface area contributed by atoms with Gasteiger partial charge in [-0.25, -0.2) is 0 Å². The number of hydrogen-bond donors (Lipinski definition) is 1. The molecule has 0 spiro atoms. The molecule has 1 heterocycles. The summed E-state index contributed by atoms with van der Waals surface area (Å²) in [4.78, 5) is 0. The lowest BCUT2D eigenvalue weighted by atomic mass is 9.87. The van der Waals surface area contributed by atoms with Gasteiger partial charge in [0.1, 0.15) is 5.75 Å². The topological polar surface area (TPSA) is 30.5 Å². The molecule has 0 bridgehead atoms. The van der Waals surface area contributed by atoms with Crippen molar-refractivity contribution < 1.29 is 9.47 Å².